The molecule has 0 radical (unpaired) electrons. The number of aliphatic hydroxyl groups is 1. The van der Waals surface area contributed by atoms with Crippen molar-refractivity contribution < 1.29 is 24.1 Å². The van der Waals surface area contributed by atoms with Gasteiger partial charge in [-0.15, -0.1) is 12.4 Å². The van der Waals surface area contributed by atoms with Crippen molar-refractivity contribution in [2.24, 2.45) is 5.73 Å². The van der Waals surface area contributed by atoms with E-state index in [0.717, 1.165) is 17.7 Å². The predicted octanol–water partition coefficient (Wildman–Crippen LogP) is 1.22. The molecule has 1 amide bonds. The lowest BCUT2D eigenvalue weighted by Crippen LogP contribution is -2.54. The molecule has 0 saturated carbocycles. The molecule has 2 heterocycles. The number of ether oxygens (including phenoxy) is 3. The molecule has 1 spiro atoms. The summed E-state index contributed by atoms with van der Waals surface area (Å²) in [6.45, 7) is 3.28. The average Bonchev–Trinajstić information content (AvgIpc) is 2.66. The number of piperidine rings is 1. The van der Waals surface area contributed by atoms with Crippen LogP contribution in [0.15, 0.2) is 12.1 Å². The molecular formula is C19H29ClN2O5. The summed E-state index contributed by atoms with van der Waals surface area (Å²) in [6, 6.07) is 3.15. The third-order valence-electron chi connectivity index (χ3n) is 5.54. The van der Waals surface area contributed by atoms with Crippen LogP contribution in [0.2, 0.25) is 0 Å². The van der Waals surface area contributed by atoms with Crippen molar-refractivity contribution in [1.82, 2.24) is 4.90 Å². The number of aliphatic hydroxyl groups excluding tert-OH is 1. The largest absolute Gasteiger partial charge is 0.493 e. The highest BCUT2D eigenvalue weighted by Crippen LogP contribution is 2.45. The van der Waals surface area contributed by atoms with Crippen molar-refractivity contribution in [3.63, 3.8) is 0 Å². The van der Waals surface area contributed by atoms with E-state index in [1.54, 1.807) is 19.1 Å². The van der Waals surface area contributed by atoms with E-state index in [1.165, 1.54) is 12.5 Å². The van der Waals surface area contributed by atoms with E-state index in [-0.39, 0.29) is 18.3 Å². The van der Waals surface area contributed by atoms with Crippen molar-refractivity contribution >= 4 is 18.3 Å². The molecule has 0 aliphatic carbocycles. The van der Waals surface area contributed by atoms with E-state index >= 15 is 0 Å². The van der Waals surface area contributed by atoms with Crippen LogP contribution in [-0.4, -0.2) is 62.0 Å². The van der Waals surface area contributed by atoms with Crippen LogP contribution < -0.4 is 15.2 Å². The monoisotopic (exact) mass is 400 g/mol. The Hall–Kier alpha value is -1.54. The maximum atomic E-state index is 12.4. The fourth-order valence-corrected chi connectivity index (χ4v) is 3.91. The summed E-state index contributed by atoms with van der Waals surface area (Å²) in [5.74, 6) is 1.20. The van der Waals surface area contributed by atoms with Crippen LogP contribution in [0, 0.1) is 0 Å². The molecule has 2 atom stereocenters. The van der Waals surface area contributed by atoms with Gasteiger partial charge in [-0.05, 0) is 49.4 Å². The topological polar surface area (TPSA) is 94.3 Å². The molecule has 7 nitrogen and oxygen atoms in total. The Balaban J connectivity index is 0.00000261. The number of carbonyl (C=O) groups excluding carboxylic acids is 1. The second kappa shape index (κ2) is 8.65. The molecular weight excluding hydrogens is 372 g/mol. The summed E-state index contributed by atoms with van der Waals surface area (Å²) in [7, 11) is 3.26. The van der Waals surface area contributed by atoms with Crippen LogP contribution in [0.5, 0.6) is 11.5 Å². The van der Waals surface area contributed by atoms with Crippen LogP contribution in [-0.2, 0) is 21.6 Å². The lowest BCUT2D eigenvalue weighted by Gasteiger charge is -2.45. The van der Waals surface area contributed by atoms with E-state index in [4.69, 9.17) is 19.9 Å². The van der Waals surface area contributed by atoms with Gasteiger partial charge in [0.1, 0.15) is 6.04 Å². The molecule has 1 saturated heterocycles. The number of methoxy groups -OCH3 is 2. The highest BCUT2D eigenvalue weighted by Gasteiger charge is 2.43. The number of halogens is 1. The molecule has 27 heavy (non-hydrogen) atoms. The van der Waals surface area contributed by atoms with Gasteiger partial charge in [-0.25, -0.2) is 0 Å². The molecule has 2 aliphatic rings. The fraction of sp³-hybridized carbons (Fsp3) is 0.632. The number of carbonyl (C=O) groups is 1. The van der Waals surface area contributed by atoms with Crippen molar-refractivity contribution in [3.8, 4) is 11.5 Å². The number of rotatable bonds is 4. The average molecular weight is 401 g/mol. The van der Waals surface area contributed by atoms with Crippen LogP contribution in [0.1, 0.15) is 30.9 Å². The maximum Gasteiger partial charge on any atom is 0.242 e. The Labute approximate surface area is 166 Å². The minimum atomic E-state index is -0.882. The number of nitrogens with zero attached hydrogens (tertiary/aromatic N) is 1. The Morgan fingerprint density at radius 2 is 1.85 bits per heavy atom. The van der Waals surface area contributed by atoms with Gasteiger partial charge in [0, 0.05) is 13.1 Å². The number of fused-ring (bicyclic) bond motifs is 2. The summed E-state index contributed by atoms with van der Waals surface area (Å²) in [5.41, 5.74) is 7.71. The molecule has 8 heteroatoms. The van der Waals surface area contributed by atoms with E-state index in [1.807, 2.05) is 12.1 Å². The van der Waals surface area contributed by atoms with Crippen LogP contribution in [0.4, 0.5) is 0 Å². The summed E-state index contributed by atoms with van der Waals surface area (Å²) in [6.07, 6.45) is 1.34. The van der Waals surface area contributed by atoms with Gasteiger partial charge < -0.3 is 30.0 Å². The Morgan fingerprint density at radius 3 is 2.41 bits per heavy atom. The van der Waals surface area contributed by atoms with E-state index in [0.29, 0.717) is 38.3 Å². The van der Waals surface area contributed by atoms with Gasteiger partial charge in [-0.2, -0.15) is 0 Å². The quantitative estimate of drug-likeness (QED) is 0.789. The SMILES string of the molecule is COc1cc2c(cc1OC)C1(CCN(C(=O)[C@@H](N)[C@@H](C)O)CC1)OCC2.Cl. The number of benzene rings is 1. The zero-order chi connectivity index (χ0) is 18.9. The zero-order valence-electron chi connectivity index (χ0n) is 16.1. The Morgan fingerprint density at radius 1 is 1.26 bits per heavy atom. The van der Waals surface area contributed by atoms with Gasteiger partial charge in [0.15, 0.2) is 11.5 Å². The number of hydrogen-bond acceptors (Lipinski definition) is 6. The summed E-state index contributed by atoms with van der Waals surface area (Å²) >= 11 is 0. The van der Waals surface area contributed by atoms with Crippen LogP contribution in [0.3, 0.4) is 0 Å². The minimum absolute atomic E-state index is 0. The number of likely N-dealkylation sites (tertiary alicyclic amines) is 1. The minimum Gasteiger partial charge on any atom is -0.493 e. The number of hydrogen-bond donors (Lipinski definition) is 2. The van der Waals surface area contributed by atoms with E-state index in [2.05, 4.69) is 0 Å². The van der Waals surface area contributed by atoms with E-state index in [9.17, 15) is 9.90 Å². The Bertz CT molecular complexity index is 674. The molecule has 0 bridgehead atoms. The van der Waals surface area contributed by atoms with Gasteiger partial charge in [0.2, 0.25) is 5.91 Å². The van der Waals surface area contributed by atoms with Crippen molar-refractivity contribution in [2.45, 2.75) is 43.9 Å². The van der Waals surface area contributed by atoms with E-state index < -0.39 is 17.7 Å². The normalized spacial score (nSPS) is 20.3. The van der Waals surface area contributed by atoms with Gasteiger partial charge in [0.25, 0.3) is 0 Å². The number of amides is 1. The first kappa shape index (κ1) is 21.8. The second-order valence-electron chi connectivity index (χ2n) is 7.05. The molecule has 0 unspecified atom stereocenters. The maximum absolute atomic E-state index is 12.4. The molecule has 3 rings (SSSR count). The van der Waals surface area contributed by atoms with Crippen molar-refractivity contribution in [2.75, 3.05) is 33.9 Å². The standard InChI is InChI=1S/C19H28N2O5.ClH/c1-12(22)17(20)18(23)21-7-5-19(6-8-21)14-11-16(25-3)15(24-2)10-13(14)4-9-26-19;/h10-12,17,22H,4-9,20H2,1-3H3;1H/t12-,17+;/m1./s1. The summed E-state index contributed by atoms with van der Waals surface area (Å²) in [4.78, 5) is 14.1. The first-order valence-corrected chi connectivity index (χ1v) is 9.03. The molecule has 1 fully saturated rings. The first-order valence-electron chi connectivity index (χ1n) is 9.03. The smallest absolute Gasteiger partial charge is 0.242 e. The predicted molar refractivity (Wildman–Crippen MR) is 104 cm³/mol. The third-order valence-corrected chi connectivity index (χ3v) is 5.54. The highest BCUT2D eigenvalue weighted by molar-refractivity contribution is 5.85. The van der Waals surface area contributed by atoms with Crippen LogP contribution in [0.25, 0.3) is 0 Å². The molecule has 1 aromatic rings. The van der Waals surface area contributed by atoms with Crippen molar-refractivity contribution in [3.05, 3.63) is 23.3 Å². The van der Waals surface area contributed by atoms with Gasteiger partial charge in [-0.3, -0.25) is 4.79 Å². The van der Waals surface area contributed by atoms with Crippen molar-refractivity contribution in [1.29, 1.82) is 0 Å². The Kier molecular flexibility index (Phi) is 6.97. The first-order chi connectivity index (χ1) is 12.4. The van der Waals surface area contributed by atoms with Gasteiger partial charge in [0.05, 0.1) is 32.5 Å². The fourth-order valence-electron chi connectivity index (χ4n) is 3.91. The second-order valence-corrected chi connectivity index (χ2v) is 7.05. The van der Waals surface area contributed by atoms with Crippen LogP contribution >= 0.6 is 12.4 Å². The molecule has 152 valence electrons. The highest BCUT2D eigenvalue weighted by atomic mass is 35.5. The third kappa shape index (κ3) is 4.01. The lowest BCUT2D eigenvalue weighted by molar-refractivity contribution is -0.144. The lowest BCUT2D eigenvalue weighted by atomic mass is 9.79. The van der Waals surface area contributed by atoms with Gasteiger partial charge in [-0.1, -0.05) is 0 Å². The van der Waals surface area contributed by atoms with Gasteiger partial charge >= 0.3 is 0 Å². The molecule has 0 aromatic heterocycles. The zero-order valence-corrected chi connectivity index (χ0v) is 16.9. The molecule has 1 aromatic carbocycles. The molecule has 2 aliphatic heterocycles. The number of nitrogens with two attached hydrogens (primary N) is 1. The molecule has 3 N–H and O–H groups in total. The summed E-state index contributed by atoms with van der Waals surface area (Å²) in [5, 5.41) is 9.58. The summed E-state index contributed by atoms with van der Waals surface area (Å²) < 4.78 is 17.1.